The Morgan fingerprint density at radius 1 is 1.67 bits per heavy atom. The number of ether oxygens (including phenoxy) is 1. The number of nitrogens with zero attached hydrogens (tertiary/aromatic N) is 1. The van der Waals surface area contributed by atoms with E-state index < -0.39 is 5.97 Å². The average Bonchev–Trinajstić information content (AvgIpc) is 2.17. The van der Waals surface area contributed by atoms with Crippen molar-refractivity contribution in [2.45, 2.75) is 20.4 Å². The van der Waals surface area contributed by atoms with E-state index in [9.17, 15) is 4.79 Å². The van der Waals surface area contributed by atoms with Crippen molar-refractivity contribution < 1.29 is 9.53 Å². The quantitative estimate of drug-likeness (QED) is 0.632. The minimum atomic E-state index is -0.412. The van der Waals surface area contributed by atoms with Crippen LogP contribution < -0.4 is 5.73 Å². The van der Waals surface area contributed by atoms with Crippen molar-refractivity contribution in [2.24, 2.45) is 5.73 Å². The van der Waals surface area contributed by atoms with Gasteiger partial charge in [-0.3, -0.25) is 0 Å². The lowest BCUT2D eigenvalue weighted by Crippen LogP contribution is -2.12. The monoisotopic (exact) mass is 228 g/mol. The van der Waals surface area contributed by atoms with Crippen molar-refractivity contribution in [3.63, 3.8) is 0 Å². The summed E-state index contributed by atoms with van der Waals surface area (Å²) in [4.78, 5) is 15.6. The Bertz CT molecular complexity index is 380. The molecule has 0 bridgehead atoms. The van der Waals surface area contributed by atoms with E-state index in [0.29, 0.717) is 23.4 Å². The summed E-state index contributed by atoms with van der Waals surface area (Å²) < 4.78 is 4.90. The molecule has 0 aliphatic heterocycles. The first kappa shape index (κ1) is 11.9. The summed E-state index contributed by atoms with van der Waals surface area (Å²) in [6.07, 6.45) is 0. The summed E-state index contributed by atoms with van der Waals surface area (Å²) >= 11 is 5.88. The van der Waals surface area contributed by atoms with Crippen LogP contribution in [0.2, 0.25) is 5.15 Å². The number of carbonyl (C=O) groups is 1. The molecule has 0 aliphatic carbocycles. The molecule has 5 heteroatoms. The third kappa shape index (κ3) is 2.67. The van der Waals surface area contributed by atoms with Crippen LogP contribution in [0.3, 0.4) is 0 Å². The normalized spacial score (nSPS) is 10.1. The first-order valence-electron chi connectivity index (χ1n) is 4.63. The van der Waals surface area contributed by atoms with Gasteiger partial charge in [-0.15, -0.1) is 0 Å². The molecule has 1 aromatic rings. The maximum atomic E-state index is 11.6. The fourth-order valence-corrected chi connectivity index (χ4v) is 1.56. The first-order chi connectivity index (χ1) is 7.10. The second-order valence-corrected chi connectivity index (χ2v) is 3.36. The van der Waals surface area contributed by atoms with Gasteiger partial charge in [0, 0.05) is 17.8 Å². The SMILES string of the molecule is CCOC(=O)c1cc(C)nc(Cl)c1CN. The van der Waals surface area contributed by atoms with Crippen LogP contribution in [0.4, 0.5) is 0 Å². The van der Waals surface area contributed by atoms with Gasteiger partial charge in [0.2, 0.25) is 0 Å². The number of esters is 1. The summed E-state index contributed by atoms with van der Waals surface area (Å²) in [6, 6.07) is 1.63. The highest BCUT2D eigenvalue weighted by Gasteiger charge is 2.15. The third-order valence-corrected chi connectivity index (χ3v) is 2.21. The molecule has 0 radical (unpaired) electrons. The number of pyridine rings is 1. The molecule has 82 valence electrons. The summed E-state index contributed by atoms with van der Waals surface area (Å²) in [6.45, 7) is 3.99. The van der Waals surface area contributed by atoms with E-state index in [1.54, 1.807) is 19.9 Å². The lowest BCUT2D eigenvalue weighted by atomic mass is 10.1. The molecule has 0 amide bonds. The number of hydrogen-bond donors (Lipinski definition) is 1. The second-order valence-electron chi connectivity index (χ2n) is 3.01. The molecule has 0 aliphatic rings. The largest absolute Gasteiger partial charge is 0.462 e. The number of hydrogen-bond acceptors (Lipinski definition) is 4. The molecule has 0 unspecified atom stereocenters. The second kappa shape index (κ2) is 5.09. The molecule has 2 N–H and O–H groups in total. The average molecular weight is 229 g/mol. The van der Waals surface area contributed by atoms with Gasteiger partial charge < -0.3 is 10.5 Å². The zero-order valence-corrected chi connectivity index (χ0v) is 9.47. The highest BCUT2D eigenvalue weighted by molar-refractivity contribution is 6.30. The number of rotatable bonds is 3. The number of nitrogens with two attached hydrogens (primary N) is 1. The van der Waals surface area contributed by atoms with Crippen LogP contribution in [0.25, 0.3) is 0 Å². The molecule has 0 spiro atoms. The van der Waals surface area contributed by atoms with Gasteiger partial charge in [-0.25, -0.2) is 9.78 Å². The summed E-state index contributed by atoms with van der Waals surface area (Å²) in [5.74, 6) is -0.412. The Balaban J connectivity index is 3.20. The minimum Gasteiger partial charge on any atom is -0.462 e. The fraction of sp³-hybridized carbons (Fsp3) is 0.400. The van der Waals surface area contributed by atoms with E-state index in [1.165, 1.54) is 0 Å². The lowest BCUT2D eigenvalue weighted by molar-refractivity contribution is 0.0525. The number of carbonyl (C=O) groups excluding carboxylic acids is 1. The van der Waals surface area contributed by atoms with Gasteiger partial charge in [0.1, 0.15) is 5.15 Å². The van der Waals surface area contributed by atoms with E-state index in [0.717, 1.165) is 0 Å². The standard InChI is InChI=1S/C10H13ClN2O2/c1-3-15-10(14)7-4-6(2)13-9(11)8(7)5-12/h4H,3,5,12H2,1-2H3. The topological polar surface area (TPSA) is 65.2 Å². The lowest BCUT2D eigenvalue weighted by Gasteiger charge is -2.09. The molecule has 1 aromatic heterocycles. The summed E-state index contributed by atoms with van der Waals surface area (Å²) in [7, 11) is 0. The van der Waals surface area contributed by atoms with E-state index in [4.69, 9.17) is 22.1 Å². The Hall–Kier alpha value is -1.13. The van der Waals surface area contributed by atoms with E-state index in [1.807, 2.05) is 0 Å². The molecule has 0 aromatic carbocycles. The van der Waals surface area contributed by atoms with Crippen LogP contribution in [0.15, 0.2) is 6.07 Å². The molecule has 0 saturated heterocycles. The van der Waals surface area contributed by atoms with Crippen LogP contribution in [0, 0.1) is 6.92 Å². The molecular weight excluding hydrogens is 216 g/mol. The highest BCUT2D eigenvalue weighted by atomic mass is 35.5. The molecule has 0 fully saturated rings. The van der Waals surface area contributed by atoms with E-state index >= 15 is 0 Å². The Morgan fingerprint density at radius 3 is 2.87 bits per heavy atom. The van der Waals surface area contributed by atoms with Crippen molar-refractivity contribution in [3.05, 3.63) is 28.0 Å². The molecular formula is C10H13ClN2O2. The van der Waals surface area contributed by atoms with E-state index in [-0.39, 0.29) is 11.7 Å². The summed E-state index contributed by atoms with van der Waals surface area (Å²) in [5.41, 5.74) is 7.10. The van der Waals surface area contributed by atoms with Crippen molar-refractivity contribution >= 4 is 17.6 Å². The van der Waals surface area contributed by atoms with Crippen molar-refractivity contribution in [3.8, 4) is 0 Å². The van der Waals surface area contributed by atoms with Gasteiger partial charge >= 0.3 is 5.97 Å². The van der Waals surface area contributed by atoms with Crippen molar-refractivity contribution in [1.82, 2.24) is 4.98 Å². The third-order valence-electron chi connectivity index (χ3n) is 1.90. The smallest absolute Gasteiger partial charge is 0.338 e. The molecule has 0 saturated carbocycles. The van der Waals surface area contributed by atoms with Gasteiger partial charge in [-0.05, 0) is 19.9 Å². The van der Waals surface area contributed by atoms with E-state index in [2.05, 4.69) is 4.98 Å². The Morgan fingerprint density at radius 2 is 2.33 bits per heavy atom. The summed E-state index contributed by atoms with van der Waals surface area (Å²) in [5, 5.41) is 0.264. The molecule has 15 heavy (non-hydrogen) atoms. The first-order valence-corrected chi connectivity index (χ1v) is 5.01. The zero-order chi connectivity index (χ0) is 11.4. The maximum Gasteiger partial charge on any atom is 0.338 e. The van der Waals surface area contributed by atoms with Gasteiger partial charge in [-0.2, -0.15) is 0 Å². The van der Waals surface area contributed by atoms with Crippen LogP contribution in [-0.4, -0.2) is 17.6 Å². The maximum absolute atomic E-state index is 11.6. The van der Waals surface area contributed by atoms with Crippen LogP contribution in [0.5, 0.6) is 0 Å². The Labute approximate surface area is 93.4 Å². The zero-order valence-electron chi connectivity index (χ0n) is 8.71. The predicted molar refractivity (Wildman–Crippen MR) is 57.8 cm³/mol. The molecule has 0 atom stereocenters. The predicted octanol–water partition coefficient (Wildman–Crippen LogP) is 1.68. The van der Waals surface area contributed by atoms with Gasteiger partial charge in [0.25, 0.3) is 0 Å². The van der Waals surface area contributed by atoms with Crippen LogP contribution in [-0.2, 0) is 11.3 Å². The molecule has 4 nitrogen and oxygen atoms in total. The molecule has 1 heterocycles. The highest BCUT2D eigenvalue weighted by Crippen LogP contribution is 2.19. The van der Waals surface area contributed by atoms with Crippen molar-refractivity contribution in [1.29, 1.82) is 0 Å². The minimum absolute atomic E-state index is 0.167. The van der Waals surface area contributed by atoms with Gasteiger partial charge in [0.15, 0.2) is 0 Å². The fourth-order valence-electron chi connectivity index (χ4n) is 1.25. The van der Waals surface area contributed by atoms with Crippen molar-refractivity contribution in [2.75, 3.05) is 6.61 Å². The van der Waals surface area contributed by atoms with Gasteiger partial charge in [-0.1, -0.05) is 11.6 Å². The number of aromatic nitrogens is 1. The number of halogens is 1. The Kier molecular flexibility index (Phi) is 4.05. The molecule has 1 rings (SSSR count). The van der Waals surface area contributed by atoms with Gasteiger partial charge in [0.05, 0.1) is 12.2 Å². The van der Waals surface area contributed by atoms with Crippen LogP contribution in [0.1, 0.15) is 28.5 Å². The number of aryl methyl sites for hydroxylation is 1. The van der Waals surface area contributed by atoms with Crippen LogP contribution >= 0.6 is 11.6 Å².